The number of allylic oxidation sites excluding steroid dienone is 5. The summed E-state index contributed by atoms with van der Waals surface area (Å²) in [6, 6.07) is 0. The van der Waals surface area contributed by atoms with E-state index < -0.39 is 0 Å². The third-order valence-electron chi connectivity index (χ3n) is 4.71. The third-order valence-corrected chi connectivity index (χ3v) is 4.71. The maximum absolute atomic E-state index is 12.2. The Hall–Kier alpha value is -1.57. The van der Waals surface area contributed by atoms with E-state index in [-0.39, 0.29) is 17.8 Å². The highest BCUT2D eigenvalue weighted by Crippen LogP contribution is 2.38. The van der Waals surface area contributed by atoms with Crippen molar-refractivity contribution in [3.8, 4) is 0 Å². The van der Waals surface area contributed by atoms with Crippen LogP contribution >= 0.6 is 0 Å². The van der Waals surface area contributed by atoms with Crippen molar-refractivity contribution < 1.29 is 9.53 Å². The van der Waals surface area contributed by atoms with Crippen molar-refractivity contribution in [3.05, 3.63) is 47.1 Å². The van der Waals surface area contributed by atoms with Crippen molar-refractivity contribution in [1.82, 2.24) is 0 Å². The van der Waals surface area contributed by atoms with Crippen LogP contribution in [0.2, 0.25) is 0 Å². The first-order valence-electron chi connectivity index (χ1n) is 8.33. The Kier molecular flexibility index (Phi) is 5.82. The predicted molar refractivity (Wildman–Crippen MR) is 91.4 cm³/mol. The lowest BCUT2D eigenvalue weighted by atomic mass is 9.76. The molecule has 1 fully saturated rings. The van der Waals surface area contributed by atoms with Crippen LogP contribution in [0.3, 0.4) is 0 Å². The molecule has 2 heteroatoms. The van der Waals surface area contributed by atoms with Crippen LogP contribution in [0.5, 0.6) is 0 Å². The zero-order valence-corrected chi connectivity index (χ0v) is 14.2. The second kappa shape index (κ2) is 7.62. The number of carbonyl (C=O) groups is 1. The molecule has 0 aromatic rings. The molecule has 2 aliphatic rings. The first-order chi connectivity index (χ1) is 10.5. The fourth-order valence-electron chi connectivity index (χ4n) is 3.32. The van der Waals surface area contributed by atoms with Crippen LogP contribution in [0.4, 0.5) is 0 Å². The van der Waals surface area contributed by atoms with E-state index in [4.69, 9.17) is 4.74 Å². The molecular formula is C20H28O2. The number of hydrogen-bond acceptors (Lipinski definition) is 2. The van der Waals surface area contributed by atoms with E-state index in [0.717, 1.165) is 37.7 Å². The predicted octanol–water partition coefficient (Wildman–Crippen LogP) is 5.13. The van der Waals surface area contributed by atoms with Gasteiger partial charge in [0.05, 0.1) is 6.61 Å². The summed E-state index contributed by atoms with van der Waals surface area (Å²) in [6.07, 6.45) is 11.5. The van der Waals surface area contributed by atoms with Crippen LogP contribution < -0.4 is 0 Å². The molecule has 2 atom stereocenters. The lowest BCUT2D eigenvalue weighted by Crippen LogP contribution is -2.34. The number of ether oxygens (including phenoxy) is 1. The van der Waals surface area contributed by atoms with Gasteiger partial charge in [-0.25, -0.2) is 4.79 Å². The highest BCUT2D eigenvalue weighted by molar-refractivity contribution is 5.90. The standard InChI is InChI=1S/C20H28O2/c1-14(2)7-5-10-18-17-12-11-15(3)8-6-9-16(4)19(17)13-22-20(18)21/h7-8,10,17,19H,4-6,9,11-13H2,1-3H3/b15-8+,18-10-/t17-,19+/m1/s1. The van der Waals surface area contributed by atoms with E-state index in [9.17, 15) is 4.79 Å². The van der Waals surface area contributed by atoms with Crippen molar-refractivity contribution >= 4 is 5.97 Å². The first-order valence-corrected chi connectivity index (χ1v) is 8.33. The summed E-state index contributed by atoms with van der Waals surface area (Å²) in [7, 11) is 0. The number of cyclic esters (lactones) is 1. The Bertz CT molecular complexity index is 530. The van der Waals surface area contributed by atoms with Gasteiger partial charge in [0.15, 0.2) is 0 Å². The second-order valence-corrected chi connectivity index (χ2v) is 6.77. The Morgan fingerprint density at radius 2 is 2.14 bits per heavy atom. The van der Waals surface area contributed by atoms with Gasteiger partial charge in [-0.15, -0.1) is 0 Å². The summed E-state index contributed by atoms with van der Waals surface area (Å²) in [6.45, 7) is 11.1. The number of esters is 1. The lowest BCUT2D eigenvalue weighted by Gasteiger charge is -2.34. The van der Waals surface area contributed by atoms with Crippen molar-refractivity contribution in [3.63, 3.8) is 0 Å². The molecule has 1 saturated heterocycles. The molecule has 22 heavy (non-hydrogen) atoms. The van der Waals surface area contributed by atoms with Gasteiger partial charge in [-0.3, -0.25) is 0 Å². The van der Waals surface area contributed by atoms with E-state index in [1.54, 1.807) is 0 Å². The summed E-state index contributed by atoms with van der Waals surface area (Å²) in [5, 5.41) is 0. The lowest BCUT2D eigenvalue weighted by molar-refractivity contribution is -0.144. The molecule has 2 nitrogen and oxygen atoms in total. The Morgan fingerprint density at radius 1 is 1.36 bits per heavy atom. The van der Waals surface area contributed by atoms with Crippen molar-refractivity contribution in [1.29, 1.82) is 0 Å². The monoisotopic (exact) mass is 300 g/mol. The van der Waals surface area contributed by atoms with Gasteiger partial charge in [-0.2, -0.15) is 0 Å². The van der Waals surface area contributed by atoms with Gasteiger partial charge in [-0.05, 0) is 52.9 Å². The van der Waals surface area contributed by atoms with Crippen LogP contribution in [-0.4, -0.2) is 12.6 Å². The molecule has 0 aromatic heterocycles. The van der Waals surface area contributed by atoms with E-state index in [1.165, 1.54) is 16.7 Å². The first kappa shape index (κ1) is 16.8. The molecule has 2 rings (SSSR count). The Labute approximate surface area is 134 Å². The molecule has 0 N–H and O–H groups in total. The van der Waals surface area contributed by atoms with Crippen LogP contribution in [0.15, 0.2) is 47.1 Å². The van der Waals surface area contributed by atoms with Crippen LogP contribution in [0, 0.1) is 11.8 Å². The van der Waals surface area contributed by atoms with Crippen molar-refractivity contribution in [2.45, 2.75) is 52.9 Å². The van der Waals surface area contributed by atoms with E-state index in [0.29, 0.717) is 6.61 Å². The van der Waals surface area contributed by atoms with Crippen LogP contribution in [0.1, 0.15) is 52.9 Å². The molecule has 1 aliphatic heterocycles. The van der Waals surface area contributed by atoms with Gasteiger partial charge in [0.1, 0.15) is 0 Å². The molecule has 0 aromatic carbocycles. The quantitative estimate of drug-likeness (QED) is 0.401. The third kappa shape index (κ3) is 4.22. The zero-order chi connectivity index (χ0) is 16.1. The van der Waals surface area contributed by atoms with Crippen LogP contribution in [0.25, 0.3) is 0 Å². The average molecular weight is 300 g/mol. The highest BCUT2D eigenvalue weighted by atomic mass is 16.5. The number of carbonyl (C=O) groups excluding carboxylic acids is 1. The van der Waals surface area contributed by atoms with Gasteiger partial charge < -0.3 is 4.74 Å². The van der Waals surface area contributed by atoms with Gasteiger partial charge in [0, 0.05) is 17.4 Å². The zero-order valence-electron chi connectivity index (χ0n) is 14.2. The molecule has 0 radical (unpaired) electrons. The average Bonchev–Trinajstić information content (AvgIpc) is 2.52. The maximum Gasteiger partial charge on any atom is 0.334 e. The molecule has 120 valence electrons. The maximum atomic E-state index is 12.2. The fraction of sp³-hybridized carbons (Fsp3) is 0.550. The van der Waals surface area contributed by atoms with Gasteiger partial charge in [0.2, 0.25) is 0 Å². The number of rotatable bonds is 2. The van der Waals surface area contributed by atoms with Crippen molar-refractivity contribution in [2.24, 2.45) is 11.8 Å². The molecule has 0 amide bonds. The second-order valence-electron chi connectivity index (χ2n) is 6.77. The fourth-order valence-corrected chi connectivity index (χ4v) is 3.32. The minimum Gasteiger partial charge on any atom is -0.462 e. The molecule has 0 saturated carbocycles. The van der Waals surface area contributed by atoms with Gasteiger partial charge in [0.25, 0.3) is 0 Å². The summed E-state index contributed by atoms with van der Waals surface area (Å²) in [5.74, 6) is 0.424. The smallest absolute Gasteiger partial charge is 0.334 e. The summed E-state index contributed by atoms with van der Waals surface area (Å²) in [5.41, 5.74) is 4.80. The molecule has 0 spiro atoms. The van der Waals surface area contributed by atoms with Gasteiger partial charge in [-0.1, -0.05) is 41.5 Å². The minimum atomic E-state index is -0.128. The Balaban J connectivity index is 2.26. The minimum absolute atomic E-state index is 0.128. The van der Waals surface area contributed by atoms with Crippen molar-refractivity contribution in [2.75, 3.05) is 6.61 Å². The highest BCUT2D eigenvalue weighted by Gasteiger charge is 2.36. The largest absolute Gasteiger partial charge is 0.462 e. The summed E-state index contributed by atoms with van der Waals surface area (Å²) < 4.78 is 5.45. The van der Waals surface area contributed by atoms with E-state index in [2.05, 4.69) is 45.6 Å². The molecule has 1 aliphatic carbocycles. The SMILES string of the molecule is C=C1CC/C=C(\C)CC[C@@H]2/C(=C/CC=C(C)C)C(=O)OC[C@@H]12. The normalized spacial score (nSPS) is 30.3. The van der Waals surface area contributed by atoms with E-state index in [1.807, 2.05) is 0 Å². The topological polar surface area (TPSA) is 26.3 Å². The molecular weight excluding hydrogens is 272 g/mol. The van der Waals surface area contributed by atoms with Crippen LogP contribution in [-0.2, 0) is 9.53 Å². The van der Waals surface area contributed by atoms with Gasteiger partial charge >= 0.3 is 5.97 Å². The molecule has 1 heterocycles. The number of hydrogen-bond donors (Lipinski definition) is 0. The molecule has 0 bridgehead atoms. The summed E-state index contributed by atoms with van der Waals surface area (Å²) >= 11 is 0. The summed E-state index contributed by atoms with van der Waals surface area (Å²) in [4.78, 5) is 12.2. The molecule has 0 unspecified atom stereocenters. The Morgan fingerprint density at radius 3 is 2.86 bits per heavy atom. The van der Waals surface area contributed by atoms with E-state index >= 15 is 0 Å². The number of fused-ring (bicyclic) bond motifs is 1.